The Morgan fingerprint density at radius 3 is 1.71 bits per heavy atom. The molecular weight excluding hydrogens is 725 g/mol. The Bertz CT molecular complexity index is 3480. The number of hydrogen-bond donors (Lipinski definition) is 0. The molecule has 272 valence electrons. The summed E-state index contributed by atoms with van der Waals surface area (Å²) in [6.45, 7) is 0. The summed E-state index contributed by atoms with van der Waals surface area (Å²) >= 11 is 1.86. The van der Waals surface area contributed by atoms with Gasteiger partial charge in [-0.1, -0.05) is 133 Å². The van der Waals surface area contributed by atoms with E-state index in [9.17, 15) is 0 Å². The third-order valence-corrected chi connectivity index (χ3v) is 12.8. The zero-order valence-corrected chi connectivity index (χ0v) is 32.2. The highest BCUT2D eigenvalue weighted by atomic mass is 32.1. The second-order valence-electron chi connectivity index (χ2n) is 14.9. The predicted octanol–water partition coefficient (Wildman–Crippen LogP) is 15.9. The molecule has 0 saturated carbocycles. The fraction of sp³-hybridized carbons (Fsp3) is 0. The van der Waals surface area contributed by atoms with Gasteiger partial charge in [-0.05, 0) is 95.1 Å². The molecule has 0 N–H and O–H groups in total. The van der Waals surface area contributed by atoms with Gasteiger partial charge in [-0.25, -0.2) is 0 Å². The van der Waals surface area contributed by atoms with Gasteiger partial charge in [-0.15, -0.1) is 11.3 Å². The van der Waals surface area contributed by atoms with Crippen LogP contribution in [0.3, 0.4) is 0 Å². The molecule has 0 fully saturated rings. The molecule has 0 unspecified atom stereocenters. The molecule has 0 spiro atoms. The molecule has 9 aromatic carbocycles. The van der Waals surface area contributed by atoms with Crippen molar-refractivity contribution in [2.24, 2.45) is 0 Å². The summed E-state index contributed by atoms with van der Waals surface area (Å²) in [5, 5.41) is 7.25. The average Bonchev–Trinajstić information content (AvgIpc) is 3.96. The van der Waals surface area contributed by atoms with Crippen molar-refractivity contribution in [2.75, 3.05) is 4.90 Å². The lowest BCUT2D eigenvalue weighted by atomic mass is 10.0. The third-order valence-electron chi connectivity index (χ3n) is 11.6. The van der Waals surface area contributed by atoms with Crippen molar-refractivity contribution in [3.05, 3.63) is 206 Å². The SMILES string of the molecule is c1ccc(-c2ccc(N(c3ccc(-c4ccc(-n5c6ccccc6c6cc7oc8ccccc8c7cc65)cc4)cc3)c3cccc4c3sc3ccccc34)cc2)cc1. The summed E-state index contributed by atoms with van der Waals surface area (Å²) in [4.78, 5) is 2.40. The van der Waals surface area contributed by atoms with Crippen LogP contribution in [0.1, 0.15) is 0 Å². The first-order chi connectivity index (χ1) is 28.7. The average molecular weight is 759 g/mol. The van der Waals surface area contributed by atoms with Gasteiger partial charge in [0.25, 0.3) is 0 Å². The number of fused-ring (bicyclic) bond motifs is 9. The molecule has 0 radical (unpaired) electrons. The monoisotopic (exact) mass is 758 g/mol. The summed E-state index contributed by atoms with van der Waals surface area (Å²) in [6, 6.07) is 74.4. The second kappa shape index (κ2) is 13.1. The quantitative estimate of drug-likeness (QED) is 0.168. The van der Waals surface area contributed by atoms with E-state index in [0.29, 0.717) is 0 Å². The van der Waals surface area contributed by atoms with Crippen LogP contribution < -0.4 is 4.90 Å². The first kappa shape index (κ1) is 32.8. The lowest BCUT2D eigenvalue weighted by Crippen LogP contribution is -2.10. The first-order valence-corrected chi connectivity index (χ1v) is 20.5. The zero-order chi connectivity index (χ0) is 38.2. The minimum absolute atomic E-state index is 0.914. The van der Waals surface area contributed by atoms with Crippen LogP contribution in [-0.4, -0.2) is 4.57 Å². The summed E-state index contributed by atoms with van der Waals surface area (Å²) in [6.07, 6.45) is 0. The van der Waals surface area contributed by atoms with E-state index >= 15 is 0 Å². The minimum atomic E-state index is 0.914. The van der Waals surface area contributed by atoms with Crippen LogP contribution in [0.25, 0.3) is 91.9 Å². The van der Waals surface area contributed by atoms with E-state index < -0.39 is 0 Å². The number of benzene rings is 9. The molecule has 0 amide bonds. The van der Waals surface area contributed by atoms with Crippen molar-refractivity contribution in [3.8, 4) is 27.9 Å². The molecule has 0 aliphatic carbocycles. The number of aromatic nitrogens is 1. The molecule has 3 heterocycles. The lowest BCUT2D eigenvalue weighted by Gasteiger charge is -2.26. The van der Waals surface area contributed by atoms with E-state index in [2.05, 4.69) is 204 Å². The van der Waals surface area contributed by atoms with Crippen molar-refractivity contribution < 1.29 is 4.42 Å². The van der Waals surface area contributed by atoms with Crippen molar-refractivity contribution in [3.63, 3.8) is 0 Å². The highest BCUT2D eigenvalue weighted by Gasteiger charge is 2.19. The molecule has 3 aromatic heterocycles. The molecule has 4 heteroatoms. The van der Waals surface area contributed by atoms with Crippen LogP contribution >= 0.6 is 11.3 Å². The maximum Gasteiger partial charge on any atom is 0.136 e. The van der Waals surface area contributed by atoms with Crippen LogP contribution in [0, 0.1) is 0 Å². The Balaban J connectivity index is 0.939. The van der Waals surface area contributed by atoms with E-state index in [1.165, 1.54) is 69.9 Å². The van der Waals surface area contributed by atoms with Gasteiger partial charge < -0.3 is 13.9 Å². The minimum Gasteiger partial charge on any atom is -0.456 e. The maximum atomic E-state index is 6.30. The molecule has 3 nitrogen and oxygen atoms in total. The molecule has 0 aliphatic rings. The van der Waals surface area contributed by atoms with Gasteiger partial charge in [0.2, 0.25) is 0 Å². The summed E-state index contributed by atoms with van der Waals surface area (Å²) in [5.41, 5.74) is 13.5. The van der Waals surface area contributed by atoms with Gasteiger partial charge >= 0.3 is 0 Å². The van der Waals surface area contributed by atoms with E-state index in [4.69, 9.17) is 4.42 Å². The molecule has 0 aliphatic heterocycles. The summed E-state index contributed by atoms with van der Waals surface area (Å²) in [7, 11) is 0. The van der Waals surface area contributed by atoms with Crippen LogP contribution in [-0.2, 0) is 0 Å². The van der Waals surface area contributed by atoms with Gasteiger partial charge in [-0.2, -0.15) is 0 Å². The summed E-state index contributed by atoms with van der Waals surface area (Å²) < 4.78 is 11.3. The van der Waals surface area contributed by atoms with Gasteiger partial charge in [0, 0.05) is 54.1 Å². The Morgan fingerprint density at radius 2 is 0.966 bits per heavy atom. The van der Waals surface area contributed by atoms with Gasteiger partial charge in [0.05, 0.1) is 21.4 Å². The van der Waals surface area contributed by atoms with E-state index in [1.54, 1.807) is 0 Å². The van der Waals surface area contributed by atoms with E-state index in [1.807, 2.05) is 23.5 Å². The molecule has 12 aromatic rings. The van der Waals surface area contributed by atoms with Gasteiger partial charge in [0.15, 0.2) is 0 Å². The fourth-order valence-electron chi connectivity index (χ4n) is 8.84. The van der Waals surface area contributed by atoms with Gasteiger partial charge in [0.1, 0.15) is 11.2 Å². The maximum absolute atomic E-state index is 6.30. The molecule has 0 saturated heterocycles. The number of nitrogens with zero attached hydrogens (tertiary/aromatic N) is 2. The summed E-state index contributed by atoms with van der Waals surface area (Å²) in [5.74, 6) is 0. The lowest BCUT2D eigenvalue weighted by molar-refractivity contribution is 0.669. The number of furan rings is 1. The molecule has 0 bridgehead atoms. The second-order valence-corrected chi connectivity index (χ2v) is 16.0. The van der Waals surface area contributed by atoms with E-state index in [-0.39, 0.29) is 0 Å². The van der Waals surface area contributed by atoms with Crippen molar-refractivity contribution in [1.82, 2.24) is 4.57 Å². The van der Waals surface area contributed by atoms with Crippen LogP contribution in [0.5, 0.6) is 0 Å². The van der Waals surface area contributed by atoms with Crippen LogP contribution in [0.2, 0.25) is 0 Å². The largest absolute Gasteiger partial charge is 0.456 e. The Labute approximate surface area is 338 Å². The number of thiophene rings is 1. The molecule has 0 atom stereocenters. The Hall–Kier alpha value is -7.40. The molecular formula is C54H34N2OS. The molecule has 12 rings (SSSR count). The number of anilines is 3. The number of hydrogen-bond acceptors (Lipinski definition) is 3. The fourth-order valence-corrected chi connectivity index (χ4v) is 10.0. The predicted molar refractivity (Wildman–Crippen MR) is 247 cm³/mol. The topological polar surface area (TPSA) is 21.3 Å². The zero-order valence-electron chi connectivity index (χ0n) is 31.3. The van der Waals surface area contributed by atoms with E-state index in [0.717, 1.165) is 39.0 Å². The van der Waals surface area contributed by atoms with Gasteiger partial charge in [-0.3, -0.25) is 0 Å². The van der Waals surface area contributed by atoms with Crippen molar-refractivity contribution in [1.29, 1.82) is 0 Å². The molecule has 58 heavy (non-hydrogen) atoms. The number of para-hydroxylation sites is 2. The Kier molecular flexibility index (Phi) is 7.40. The van der Waals surface area contributed by atoms with Crippen molar-refractivity contribution in [2.45, 2.75) is 0 Å². The highest BCUT2D eigenvalue weighted by molar-refractivity contribution is 7.26. The van der Waals surface area contributed by atoms with Crippen LogP contribution in [0.4, 0.5) is 17.1 Å². The smallest absolute Gasteiger partial charge is 0.136 e. The highest BCUT2D eigenvalue weighted by Crippen LogP contribution is 2.45. The van der Waals surface area contributed by atoms with Crippen molar-refractivity contribution >= 4 is 92.3 Å². The number of rotatable bonds is 6. The Morgan fingerprint density at radius 1 is 0.379 bits per heavy atom. The third kappa shape index (κ3) is 5.19. The first-order valence-electron chi connectivity index (χ1n) is 19.7. The van der Waals surface area contributed by atoms with Crippen LogP contribution in [0.15, 0.2) is 211 Å². The standard InChI is InChI=1S/C54H34N2OS/c1-2-11-35(12-3-1)36-21-27-39(28-22-36)55(49-18-10-16-45-44-15-6-9-20-53(44)58-54(45)49)40-29-23-37(24-30-40)38-25-31-41(32-26-38)56-48-17-7-4-13-42(48)46-34-52-47(33-50(46)56)43-14-5-8-19-51(43)57-52/h1-34H. The normalized spacial score (nSPS) is 11.8.